The summed E-state index contributed by atoms with van der Waals surface area (Å²) in [6.45, 7) is 10.3. The van der Waals surface area contributed by atoms with E-state index in [1.54, 1.807) is 4.68 Å². The first-order chi connectivity index (χ1) is 9.51. The lowest BCUT2D eigenvalue weighted by Crippen LogP contribution is -2.42. The molecule has 5 nitrogen and oxygen atoms in total. The SMILES string of the molecule is CCNC(=NCc1cnn(C)c1)NC(C)CCC(C)C.I. The maximum Gasteiger partial charge on any atom is 0.191 e. The third-order valence-electron chi connectivity index (χ3n) is 3.08. The van der Waals surface area contributed by atoms with Gasteiger partial charge >= 0.3 is 0 Å². The summed E-state index contributed by atoms with van der Waals surface area (Å²) in [7, 11) is 1.92. The largest absolute Gasteiger partial charge is 0.357 e. The van der Waals surface area contributed by atoms with Gasteiger partial charge in [0.25, 0.3) is 0 Å². The Kier molecular flexibility index (Phi) is 10.5. The Morgan fingerprint density at radius 3 is 2.57 bits per heavy atom. The molecule has 1 aromatic rings. The van der Waals surface area contributed by atoms with Gasteiger partial charge in [0.1, 0.15) is 0 Å². The predicted octanol–water partition coefficient (Wildman–Crippen LogP) is 2.92. The van der Waals surface area contributed by atoms with Gasteiger partial charge in [-0.3, -0.25) is 4.68 Å². The van der Waals surface area contributed by atoms with E-state index in [-0.39, 0.29) is 24.0 Å². The average molecular weight is 407 g/mol. The van der Waals surface area contributed by atoms with E-state index in [0.29, 0.717) is 12.6 Å². The fourth-order valence-corrected chi connectivity index (χ4v) is 1.93. The normalized spacial score (nSPS) is 13.0. The molecule has 1 aromatic heterocycles. The van der Waals surface area contributed by atoms with Gasteiger partial charge in [0.05, 0.1) is 12.7 Å². The number of nitrogens with zero attached hydrogens (tertiary/aromatic N) is 3. The van der Waals surface area contributed by atoms with E-state index in [1.165, 1.54) is 6.42 Å². The molecule has 1 rings (SSSR count). The molecule has 0 saturated heterocycles. The van der Waals surface area contributed by atoms with Crippen molar-refractivity contribution < 1.29 is 0 Å². The molecule has 21 heavy (non-hydrogen) atoms. The van der Waals surface area contributed by atoms with Crippen LogP contribution in [0.25, 0.3) is 0 Å². The Bertz CT molecular complexity index is 414. The Balaban J connectivity index is 0.00000400. The Morgan fingerprint density at radius 2 is 2.05 bits per heavy atom. The van der Waals surface area contributed by atoms with Crippen LogP contribution in [0.1, 0.15) is 46.1 Å². The zero-order chi connectivity index (χ0) is 15.0. The van der Waals surface area contributed by atoms with Crippen LogP contribution in [-0.4, -0.2) is 28.3 Å². The molecule has 0 aliphatic rings. The number of aliphatic imine (C=N–C) groups is 1. The van der Waals surface area contributed by atoms with E-state index >= 15 is 0 Å². The van der Waals surface area contributed by atoms with Crippen molar-refractivity contribution in [3.8, 4) is 0 Å². The summed E-state index contributed by atoms with van der Waals surface area (Å²) >= 11 is 0. The molecule has 1 heterocycles. The van der Waals surface area contributed by atoms with Gasteiger partial charge in [0.2, 0.25) is 0 Å². The maximum atomic E-state index is 4.61. The van der Waals surface area contributed by atoms with Crippen LogP contribution >= 0.6 is 24.0 Å². The fraction of sp³-hybridized carbons (Fsp3) is 0.733. The molecule has 1 atom stereocenters. The molecule has 0 radical (unpaired) electrons. The van der Waals surface area contributed by atoms with Crippen LogP contribution < -0.4 is 10.6 Å². The molecule has 0 aromatic carbocycles. The molecule has 122 valence electrons. The number of rotatable bonds is 7. The molecule has 6 heteroatoms. The second kappa shape index (κ2) is 10.9. The minimum absolute atomic E-state index is 0. The van der Waals surface area contributed by atoms with E-state index < -0.39 is 0 Å². The molecule has 0 fully saturated rings. The zero-order valence-electron chi connectivity index (χ0n) is 13.9. The smallest absolute Gasteiger partial charge is 0.191 e. The lowest BCUT2D eigenvalue weighted by Gasteiger charge is -2.18. The van der Waals surface area contributed by atoms with E-state index in [9.17, 15) is 0 Å². The molecular formula is C15H30IN5. The first kappa shape index (κ1) is 20.2. The molecule has 0 bridgehead atoms. The minimum atomic E-state index is 0. The predicted molar refractivity (Wildman–Crippen MR) is 100 cm³/mol. The third-order valence-corrected chi connectivity index (χ3v) is 3.08. The van der Waals surface area contributed by atoms with Crippen molar-refractivity contribution in [3.05, 3.63) is 18.0 Å². The first-order valence-corrected chi connectivity index (χ1v) is 7.53. The highest BCUT2D eigenvalue weighted by Gasteiger charge is 2.06. The summed E-state index contributed by atoms with van der Waals surface area (Å²) in [5.74, 6) is 1.63. The third kappa shape index (κ3) is 8.95. The van der Waals surface area contributed by atoms with Gasteiger partial charge < -0.3 is 10.6 Å². The minimum Gasteiger partial charge on any atom is -0.357 e. The van der Waals surface area contributed by atoms with Gasteiger partial charge in [-0.1, -0.05) is 13.8 Å². The number of nitrogens with one attached hydrogen (secondary N) is 2. The number of guanidine groups is 1. The van der Waals surface area contributed by atoms with Crippen molar-refractivity contribution in [2.45, 2.75) is 53.1 Å². The molecule has 0 aliphatic heterocycles. The molecule has 0 aliphatic carbocycles. The van der Waals surface area contributed by atoms with Crippen LogP contribution in [0.3, 0.4) is 0 Å². The molecule has 0 amide bonds. The van der Waals surface area contributed by atoms with Crippen LogP contribution in [-0.2, 0) is 13.6 Å². The summed E-state index contributed by atoms with van der Waals surface area (Å²) in [4.78, 5) is 4.61. The van der Waals surface area contributed by atoms with Crippen molar-refractivity contribution in [1.82, 2.24) is 20.4 Å². The monoisotopic (exact) mass is 407 g/mol. The van der Waals surface area contributed by atoms with Gasteiger partial charge in [0.15, 0.2) is 5.96 Å². The second-order valence-corrected chi connectivity index (χ2v) is 5.73. The number of hydrogen-bond acceptors (Lipinski definition) is 2. The lowest BCUT2D eigenvalue weighted by molar-refractivity contribution is 0.489. The Morgan fingerprint density at radius 1 is 1.33 bits per heavy atom. The highest BCUT2D eigenvalue weighted by atomic mass is 127. The van der Waals surface area contributed by atoms with Crippen molar-refractivity contribution in [2.24, 2.45) is 18.0 Å². The van der Waals surface area contributed by atoms with Crippen molar-refractivity contribution >= 4 is 29.9 Å². The average Bonchev–Trinajstić information content (AvgIpc) is 2.80. The second-order valence-electron chi connectivity index (χ2n) is 5.73. The lowest BCUT2D eigenvalue weighted by atomic mass is 10.0. The van der Waals surface area contributed by atoms with Crippen LogP contribution in [0, 0.1) is 5.92 Å². The van der Waals surface area contributed by atoms with Crippen LogP contribution in [0.5, 0.6) is 0 Å². The summed E-state index contributed by atoms with van der Waals surface area (Å²) in [5.41, 5.74) is 1.12. The molecule has 1 unspecified atom stereocenters. The quantitative estimate of drug-likeness (QED) is 0.415. The highest BCUT2D eigenvalue weighted by Crippen LogP contribution is 2.06. The van der Waals surface area contributed by atoms with E-state index in [1.807, 2.05) is 19.4 Å². The van der Waals surface area contributed by atoms with Gasteiger partial charge in [-0.25, -0.2) is 4.99 Å². The maximum absolute atomic E-state index is 4.61. The van der Waals surface area contributed by atoms with Crippen molar-refractivity contribution in [3.63, 3.8) is 0 Å². The first-order valence-electron chi connectivity index (χ1n) is 7.53. The standard InChI is InChI=1S/C15H29N5.HI/c1-6-16-15(19-13(4)8-7-12(2)3)17-9-14-10-18-20(5)11-14;/h10-13H,6-9H2,1-5H3,(H2,16,17,19);1H. The summed E-state index contributed by atoms with van der Waals surface area (Å²) in [6, 6.07) is 0.434. The summed E-state index contributed by atoms with van der Waals surface area (Å²) < 4.78 is 1.80. The van der Waals surface area contributed by atoms with Crippen LogP contribution in [0.15, 0.2) is 17.4 Å². The molecule has 0 saturated carbocycles. The highest BCUT2D eigenvalue weighted by molar-refractivity contribution is 14.0. The molecular weight excluding hydrogens is 377 g/mol. The van der Waals surface area contributed by atoms with Crippen LogP contribution in [0.4, 0.5) is 0 Å². The van der Waals surface area contributed by atoms with Crippen molar-refractivity contribution in [2.75, 3.05) is 6.54 Å². The van der Waals surface area contributed by atoms with E-state index in [4.69, 9.17) is 0 Å². The van der Waals surface area contributed by atoms with Crippen molar-refractivity contribution in [1.29, 1.82) is 0 Å². The van der Waals surface area contributed by atoms with Crippen LogP contribution in [0.2, 0.25) is 0 Å². The summed E-state index contributed by atoms with van der Waals surface area (Å²) in [6.07, 6.45) is 6.25. The Hall–Kier alpha value is -0.790. The number of hydrogen-bond donors (Lipinski definition) is 2. The van der Waals surface area contributed by atoms with Gasteiger partial charge in [-0.05, 0) is 32.6 Å². The molecule has 2 N–H and O–H groups in total. The Labute approximate surface area is 146 Å². The van der Waals surface area contributed by atoms with E-state index in [0.717, 1.165) is 30.4 Å². The topological polar surface area (TPSA) is 54.2 Å². The van der Waals surface area contributed by atoms with Gasteiger partial charge in [0, 0.05) is 31.4 Å². The van der Waals surface area contributed by atoms with Gasteiger partial charge in [-0.15, -0.1) is 24.0 Å². The number of halogens is 1. The summed E-state index contributed by atoms with van der Waals surface area (Å²) in [5, 5.41) is 10.9. The van der Waals surface area contributed by atoms with Gasteiger partial charge in [-0.2, -0.15) is 5.10 Å². The van der Waals surface area contributed by atoms with E-state index in [2.05, 4.69) is 48.4 Å². The molecule has 0 spiro atoms. The number of aryl methyl sites for hydroxylation is 1. The zero-order valence-corrected chi connectivity index (χ0v) is 16.2. The number of aromatic nitrogens is 2. The fourth-order valence-electron chi connectivity index (χ4n) is 1.93.